The third-order valence-corrected chi connectivity index (χ3v) is 10.4. The van der Waals surface area contributed by atoms with Gasteiger partial charge in [0.1, 0.15) is 11.0 Å². The van der Waals surface area contributed by atoms with Crippen molar-refractivity contribution in [2.45, 2.75) is 37.2 Å². The number of anilines is 1. The Morgan fingerprint density at radius 1 is 0.902 bits per heavy atom. The van der Waals surface area contributed by atoms with Gasteiger partial charge >= 0.3 is 0 Å². The molecule has 1 fully saturated rings. The van der Waals surface area contributed by atoms with Gasteiger partial charge in [-0.05, 0) is 73.5 Å². The summed E-state index contributed by atoms with van der Waals surface area (Å²) in [6.45, 7) is 3.78. The number of carbonyl (C=O) groups is 2. The zero-order valence-corrected chi connectivity index (χ0v) is 24.1. The number of benzene rings is 4. The van der Waals surface area contributed by atoms with Crippen LogP contribution in [0, 0.1) is 6.92 Å². The van der Waals surface area contributed by atoms with Gasteiger partial charge in [-0.1, -0.05) is 54.6 Å². The van der Waals surface area contributed by atoms with Crippen LogP contribution < -0.4 is 4.90 Å². The normalized spacial score (nSPS) is 16.6. The first-order valence-electron chi connectivity index (χ1n) is 13.2. The Labute approximate surface area is 242 Å². The van der Waals surface area contributed by atoms with Crippen molar-refractivity contribution in [3.63, 3.8) is 0 Å². The SMILES string of the molecule is Cc1ccc2nc(-c3ccc(N4C(=O)CC(N(C(C)c5ccccc5)S(=O)(=O)c5ccccc5)C4=O)cc3)sc2c1. The third kappa shape index (κ3) is 4.97. The molecule has 0 bridgehead atoms. The lowest BCUT2D eigenvalue weighted by atomic mass is 10.1. The van der Waals surface area contributed by atoms with Gasteiger partial charge in [0, 0.05) is 11.6 Å². The molecule has 2 amide bonds. The number of amides is 2. The minimum Gasteiger partial charge on any atom is -0.274 e. The smallest absolute Gasteiger partial charge is 0.252 e. The van der Waals surface area contributed by atoms with Crippen LogP contribution >= 0.6 is 11.3 Å². The maximum Gasteiger partial charge on any atom is 0.252 e. The number of imide groups is 1. The molecule has 1 aromatic heterocycles. The first-order chi connectivity index (χ1) is 19.7. The average Bonchev–Trinajstić information content (AvgIpc) is 3.53. The van der Waals surface area contributed by atoms with Gasteiger partial charge in [0.05, 0.1) is 27.2 Å². The lowest BCUT2D eigenvalue weighted by Crippen LogP contribution is -2.46. The lowest BCUT2D eigenvalue weighted by Gasteiger charge is -2.32. The highest BCUT2D eigenvalue weighted by Crippen LogP contribution is 2.37. The Hall–Kier alpha value is -4.18. The van der Waals surface area contributed by atoms with E-state index in [0.717, 1.165) is 36.8 Å². The van der Waals surface area contributed by atoms with Gasteiger partial charge in [-0.15, -0.1) is 11.3 Å². The highest BCUT2D eigenvalue weighted by Gasteiger charge is 2.48. The van der Waals surface area contributed by atoms with E-state index in [1.54, 1.807) is 48.6 Å². The monoisotopic (exact) mass is 581 g/mol. The summed E-state index contributed by atoms with van der Waals surface area (Å²) in [5.41, 5.74) is 4.07. The highest BCUT2D eigenvalue weighted by atomic mass is 32.2. The van der Waals surface area contributed by atoms with Gasteiger partial charge in [-0.2, -0.15) is 4.31 Å². The minimum absolute atomic E-state index is 0.0665. The van der Waals surface area contributed by atoms with E-state index in [-0.39, 0.29) is 11.3 Å². The van der Waals surface area contributed by atoms with Crippen LogP contribution in [0.15, 0.2) is 108 Å². The molecule has 2 heterocycles. The van der Waals surface area contributed by atoms with Crippen LogP contribution in [0.1, 0.15) is 30.5 Å². The largest absolute Gasteiger partial charge is 0.274 e. The molecule has 0 aliphatic carbocycles. The number of aromatic nitrogens is 1. The number of thiazole rings is 1. The Morgan fingerprint density at radius 3 is 2.24 bits per heavy atom. The molecule has 0 N–H and O–H groups in total. The summed E-state index contributed by atoms with van der Waals surface area (Å²) in [4.78, 5) is 33.0. The van der Waals surface area contributed by atoms with E-state index in [9.17, 15) is 18.0 Å². The number of carbonyl (C=O) groups excluding carboxylic acids is 2. The number of fused-ring (bicyclic) bond motifs is 1. The number of rotatable bonds is 7. The molecule has 1 saturated heterocycles. The van der Waals surface area contributed by atoms with Crippen molar-refractivity contribution in [1.29, 1.82) is 0 Å². The van der Waals surface area contributed by atoms with Gasteiger partial charge in [0.15, 0.2) is 0 Å². The molecule has 2 atom stereocenters. The Kier molecular flexibility index (Phi) is 7.03. The van der Waals surface area contributed by atoms with E-state index in [2.05, 4.69) is 6.07 Å². The van der Waals surface area contributed by atoms with Crippen LogP contribution in [0.2, 0.25) is 0 Å². The zero-order chi connectivity index (χ0) is 28.7. The molecule has 206 valence electrons. The summed E-state index contributed by atoms with van der Waals surface area (Å²) in [6.07, 6.45) is -0.249. The van der Waals surface area contributed by atoms with Crippen molar-refractivity contribution >= 4 is 49.1 Å². The minimum atomic E-state index is -4.13. The Morgan fingerprint density at radius 2 is 1.56 bits per heavy atom. The predicted molar refractivity (Wildman–Crippen MR) is 161 cm³/mol. The van der Waals surface area contributed by atoms with E-state index in [1.165, 1.54) is 16.4 Å². The number of nitrogens with zero attached hydrogens (tertiary/aromatic N) is 3. The first-order valence-corrected chi connectivity index (χ1v) is 15.5. The van der Waals surface area contributed by atoms with Crippen LogP contribution in [0.4, 0.5) is 5.69 Å². The zero-order valence-electron chi connectivity index (χ0n) is 22.5. The van der Waals surface area contributed by atoms with E-state index < -0.39 is 33.9 Å². The molecule has 2 unspecified atom stereocenters. The second-order valence-electron chi connectivity index (χ2n) is 10.1. The number of hydrogen-bond donors (Lipinski definition) is 0. The fourth-order valence-corrected chi connectivity index (χ4v) is 8.08. The molecule has 0 spiro atoms. The summed E-state index contributed by atoms with van der Waals surface area (Å²) >= 11 is 1.58. The summed E-state index contributed by atoms with van der Waals surface area (Å²) in [5, 5.41) is 0.839. The second-order valence-corrected chi connectivity index (χ2v) is 12.9. The third-order valence-electron chi connectivity index (χ3n) is 7.33. The van der Waals surface area contributed by atoms with Crippen molar-refractivity contribution in [3.05, 3.63) is 114 Å². The first kappa shape index (κ1) is 27.0. The predicted octanol–water partition coefficient (Wildman–Crippen LogP) is 6.36. The molecule has 7 nitrogen and oxygen atoms in total. The summed E-state index contributed by atoms with van der Waals surface area (Å²) < 4.78 is 30.2. The maximum absolute atomic E-state index is 14.0. The van der Waals surface area contributed by atoms with Crippen molar-refractivity contribution < 1.29 is 18.0 Å². The van der Waals surface area contributed by atoms with Crippen molar-refractivity contribution in [1.82, 2.24) is 9.29 Å². The summed E-state index contributed by atoms with van der Waals surface area (Å²) in [5.74, 6) is -1.02. The van der Waals surface area contributed by atoms with E-state index in [4.69, 9.17) is 4.98 Å². The molecule has 1 aliphatic rings. The maximum atomic E-state index is 14.0. The molecule has 41 heavy (non-hydrogen) atoms. The average molecular weight is 582 g/mol. The van der Waals surface area contributed by atoms with Crippen LogP contribution in [-0.2, 0) is 19.6 Å². The number of aryl methyl sites for hydroxylation is 1. The van der Waals surface area contributed by atoms with E-state index >= 15 is 0 Å². The quantitative estimate of drug-likeness (QED) is 0.209. The van der Waals surface area contributed by atoms with Gasteiger partial charge in [-0.3, -0.25) is 9.59 Å². The second kappa shape index (κ2) is 10.7. The molecule has 6 rings (SSSR count). The van der Waals surface area contributed by atoms with Crippen LogP contribution in [0.3, 0.4) is 0 Å². The summed E-state index contributed by atoms with van der Waals surface area (Å²) in [7, 11) is -4.13. The van der Waals surface area contributed by atoms with Crippen LogP contribution in [0.5, 0.6) is 0 Å². The van der Waals surface area contributed by atoms with Crippen LogP contribution in [-0.4, -0.2) is 35.6 Å². The standard InChI is InChI=1S/C32H27N3O4S2/c1-21-13-18-27-29(19-21)40-31(33-27)24-14-16-25(17-15-24)34-30(36)20-28(32(34)37)35(22(2)23-9-5-3-6-10-23)41(38,39)26-11-7-4-8-12-26/h3-19,22,28H,20H2,1-2H3. The van der Waals surface area contributed by atoms with Crippen molar-refractivity contribution in [2.75, 3.05) is 4.90 Å². The number of hydrogen-bond acceptors (Lipinski definition) is 6. The van der Waals surface area contributed by atoms with Crippen molar-refractivity contribution in [2.24, 2.45) is 0 Å². The Balaban J connectivity index is 1.33. The van der Waals surface area contributed by atoms with E-state index in [0.29, 0.717) is 5.69 Å². The molecule has 0 saturated carbocycles. The molecular formula is C32H27N3O4S2. The van der Waals surface area contributed by atoms with Crippen LogP contribution in [0.25, 0.3) is 20.8 Å². The Bertz CT molecular complexity index is 1850. The van der Waals surface area contributed by atoms with Gasteiger partial charge in [0.2, 0.25) is 15.9 Å². The topological polar surface area (TPSA) is 87.7 Å². The lowest BCUT2D eigenvalue weighted by molar-refractivity contribution is -0.122. The highest BCUT2D eigenvalue weighted by molar-refractivity contribution is 7.89. The fourth-order valence-electron chi connectivity index (χ4n) is 5.23. The molecule has 1 aliphatic heterocycles. The van der Waals surface area contributed by atoms with Gasteiger partial charge in [-0.25, -0.2) is 18.3 Å². The van der Waals surface area contributed by atoms with Crippen molar-refractivity contribution in [3.8, 4) is 10.6 Å². The van der Waals surface area contributed by atoms with E-state index in [1.807, 2.05) is 61.5 Å². The molecule has 9 heteroatoms. The molecule has 5 aromatic rings. The fraction of sp³-hybridized carbons (Fsp3) is 0.156. The molecule has 0 radical (unpaired) electrons. The van der Waals surface area contributed by atoms with Gasteiger partial charge in [0.25, 0.3) is 5.91 Å². The number of sulfonamides is 1. The molecule has 4 aromatic carbocycles. The van der Waals surface area contributed by atoms with Gasteiger partial charge < -0.3 is 0 Å². The molecular weight excluding hydrogens is 555 g/mol. The summed E-state index contributed by atoms with van der Waals surface area (Å²) in [6, 6.07) is 28.5.